The van der Waals surface area contributed by atoms with Crippen LogP contribution in [0.5, 0.6) is 0 Å². The zero-order valence-electron chi connectivity index (χ0n) is 20.6. The number of halogens is 3. The summed E-state index contributed by atoms with van der Waals surface area (Å²) in [5.74, 6) is -0.0702. The third-order valence-electron chi connectivity index (χ3n) is 6.24. The molecule has 1 aromatic heterocycles. The summed E-state index contributed by atoms with van der Waals surface area (Å²) in [4.78, 5) is 19.1. The molecule has 3 aromatic carbocycles. The van der Waals surface area contributed by atoms with Crippen molar-refractivity contribution in [1.29, 1.82) is 0 Å². The molecule has 1 heterocycles. The number of alkyl halides is 3. The Balaban J connectivity index is 1.52. The van der Waals surface area contributed by atoms with Crippen LogP contribution in [0.25, 0.3) is 0 Å². The fourth-order valence-electron chi connectivity index (χ4n) is 4.11. The average Bonchev–Trinajstić information content (AvgIpc) is 3.37. The molecule has 0 saturated heterocycles. The zero-order valence-corrected chi connectivity index (χ0v) is 20.6. The summed E-state index contributed by atoms with van der Waals surface area (Å²) in [6.07, 6.45) is -3.12. The number of nitrogens with zero attached hydrogens (tertiary/aromatic N) is 2. The number of hydrogen-bond donors (Lipinski definition) is 1. The first kappa shape index (κ1) is 26.2. The number of carbonyl (C=O) groups excluding carboxylic acids is 1. The number of nitrogens with one attached hydrogen (secondary N) is 1. The number of carbonyl (C=O) groups is 1. The summed E-state index contributed by atoms with van der Waals surface area (Å²) >= 11 is 0. The van der Waals surface area contributed by atoms with Gasteiger partial charge in [-0.3, -0.25) is 9.69 Å². The second-order valence-electron chi connectivity index (χ2n) is 8.92. The van der Waals surface area contributed by atoms with Crippen molar-refractivity contribution in [3.63, 3.8) is 0 Å². The first-order chi connectivity index (χ1) is 17.7. The van der Waals surface area contributed by atoms with Gasteiger partial charge in [0.1, 0.15) is 6.26 Å². The average molecular weight is 508 g/mol. The summed E-state index contributed by atoms with van der Waals surface area (Å²) in [5, 5.41) is 2.91. The van der Waals surface area contributed by atoms with Crippen molar-refractivity contribution in [3.05, 3.63) is 125 Å². The molecule has 0 aliphatic carbocycles. The summed E-state index contributed by atoms with van der Waals surface area (Å²) in [6, 6.07) is 24.1. The lowest BCUT2D eigenvalue weighted by molar-refractivity contribution is -0.137. The minimum atomic E-state index is -4.42. The van der Waals surface area contributed by atoms with Gasteiger partial charge in [0.2, 0.25) is 5.89 Å². The number of aromatic nitrogens is 1. The van der Waals surface area contributed by atoms with Crippen LogP contribution in [0, 0.1) is 0 Å². The van der Waals surface area contributed by atoms with Crippen LogP contribution in [0.15, 0.2) is 95.6 Å². The Morgan fingerprint density at radius 3 is 2.22 bits per heavy atom. The molecule has 0 unspecified atom stereocenters. The van der Waals surface area contributed by atoms with Crippen molar-refractivity contribution in [2.24, 2.45) is 0 Å². The molecule has 8 heteroatoms. The molecule has 0 radical (unpaired) electrons. The standard InChI is InChI=1S/C29H28F3N3O2/c1-20(23-11-5-3-6-12-23)33-28(36)26-19-37-27(34-26)18-35(21(2)24-13-7-4-8-14-24)17-22-10-9-15-25(16-22)29(30,31)32/h3-16,19-21H,17-18H2,1-2H3,(H,33,36)/t20-,21+/m1/s1. The van der Waals surface area contributed by atoms with E-state index < -0.39 is 11.7 Å². The van der Waals surface area contributed by atoms with Gasteiger partial charge in [0.05, 0.1) is 18.2 Å². The predicted octanol–water partition coefficient (Wildman–Crippen LogP) is 6.95. The minimum Gasteiger partial charge on any atom is -0.447 e. The van der Waals surface area contributed by atoms with Crippen LogP contribution in [0.1, 0.15) is 64.6 Å². The molecule has 0 aliphatic heterocycles. The Labute approximate surface area is 214 Å². The third-order valence-corrected chi connectivity index (χ3v) is 6.24. The van der Waals surface area contributed by atoms with Gasteiger partial charge in [-0.2, -0.15) is 13.2 Å². The van der Waals surface area contributed by atoms with Crippen molar-refractivity contribution in [2.75, 3.05) is 0 Å². The van der Waals surface area contributed by atoms with Crippen molar-refractivity contribution >= 4 is 5.91 Å². The molecule has 0 fully saturated rings. The van der Waals surface area contributed by atoms with E-state index in [9.17, 15) is 18.0 Å². The molecule has 4 rings (SSSR count). The van der Waals surface area contributed by atoms with Gasteiger partial charge in [0.15, 0.2) is 5.69 Å². The predicted molar refractivity (Wildman–Crippen MR) is 134 cm³/mol. The van der Waals surface area contributed by atoms with E-state index in [0.29, 0.717) is 11.5 Å². The van der Waals surface area contributed by atoms with E-state index in [1.165, 1.54) is 12.3 Å². The molecule has 37 heavy (non-hydrogen) atoms. The van der Waals surface area contributed by atoms with Crippen LogP contribution in [-0.2, 0) is 19.3 Å². The van der Waals surface area contributed by atoms with Crippen LogP contribution in [0.3, 0.4) is 0 Å². The van der Waals surface area contributed by atoms with E-state index in [0.717, 1.165) is 23.3 Å². The maximum atomic E-state index is 13.3. The van der Waals surface area contributed by atoms with E-state index in [4.69, 9.17) is 4.42 Å². The van der Waals surface area contributed by atoms with Gasteiger partial charge in [-0.1, -0.05) is 78.9 Å². The summed E-state index contributed by atoms with van der Waals surface area (Å²) in [6.45, 7) is 4.29. The maximum absolute atomic E-state index is 13.3. The highest BCUT2D eigenvalue weighted by Gasteiger charge is 2.30. The Kier molecular flexibility index (Phi) is 8.08. The number of rotatable bonds is 9. The summed E-state index contributed by atoms with van der Waals surface area (Å²) < 4.78 is 45.4. The normalized spacial score (nSPS) is 13.4. The maximum Gasteiger partial charge on any atom is 0.416 e. The van der Waals surface area contributed by atoms with Crippen LogP contribution in [-0.4, -0.2) is 15.8 Å². The number of amides is 1. The van der Waals surface area contributed by atoms with Gasteiger partial charge in [-0.25, -0.2) is 4.98 Å². The minimum absolute atomic E-state index is 0.143. The molecule has 192 valence electrons. The quantitative estimate of drug-likeness (QED) is 0.266. The number of hydrogen-bond acceptors (Lipinski definition) is 4. The van der Waals surface area contributed by atoms with E-state index in [-0.39, 0.29) is 36.8 Å². The second kappa shape index (κ2) is 11.4. The molecule has 1 N–H and O–H groups in total. The third kappa shape index (κ3) is 6.86. The smallest absolute Gasteiger partial charge is 0.416 e. The van der Waals surface area contributed by atoms with Gasteiger partial charge in [0.25, 0.3) is 5.91 Å². The van der Waals surface area contributed by atoms with Gasteiger partial charge < -0.3 is 9.73 Å². The van der Waals surface area contributed by atoms with E-state index in [1.54, 1.807) is 6.07 Å². The van der Waals surface area contributed by atoms with Crippen LogP contribution in [0.4, 0.5) is 13.2 Å². The molecule has 0 spiro atoms. The van der Waals surface area contributed by atoms with Gasteiger partial charge in [-0.15, -0.1) is 0 Å². The second-order valence-corrected chi connectivity index (χ2v) is 8.92. The van der Waals surface area contributed by atoms with Crippen LogP contribution in [0.2, 0.25) is 0 Å². The first-order valence-electron chi connectivity index (χ1n) is 12.0. The lowest BCUT2D eigenvalue weighted by Gasteiger charge is -2.28. The zero-order chi connectivity index (χ0) is 26.4. The SMILES string of the molecule is C[C@@H](NC(=O)c1coc(CN(Cc2cccc(C(F)(F)F)c2)[C@@H](C)c2ccccc2)n1)c1ccccc1. The molecule has 0 bridgehead atoms. The monoisotopic (exact) mass is 507 g/mol. The Bertz CT molecular complexity index is 1310. The summed E-state index contributed by atoms with van der Waals surface area (Å²) in [5.41, 5.74) is 1.92. The Morgan fingerprint density at radius 2 is 1.57 bits per heavy atom. The lowest BCUT2D eigenvalue weighted by atomic mass is 10.0. The fraction of sp³-hybridized carbons (Fsp3) is 0.241. The number of oxazole rings is 1. The molecule has 1 amide bonds. The lowest BCUT2D eigenvalue weighted by Crippen LogP contribution is -2.28. The van der Waals surface area contributed by atoms with Crippen molar-refractivity contribution in [1.82, 2.24) is 15.2 Å². The van der Waals surface area contributed by atoms with E-state index in [1.807, 2.05) is 79.4 Å². The van der Waals surface area contributed by atoms with Gasteiger partial charge >= 0.3 is 6.18 Å². The van der Waals surface area contributed by atoms with Gasteiger partial charge in [-0.05, 0) is 36.6 Å². The molecule has 5 nitrogen and oxygen atoms in total. The Hall–Kier alpha value is -3.91. The Morgan fingerprint density at radius 1 is 0.919 bits per heavy atom. The van der Waals surface area contributed by atoms with Gasteiger partial charge in [0, 0.05) is 12.6 Å². The topological polar surface area (TPSA) is 58.4 Å². The van der Waals surface area contributed by atoms with Crippen molar-refractivity contribution < 1.29 is 22.4 Å². The largest absolute Gasteiger partial charge is 0.447 e. The highest BCUT2D eigenvalue weighted by atomic mass is 19.4. The van der Waals surface area contributed by atoms with Crippen LogP contribution >= 0.6 is 0 Å². The fourth-order valence-corrected chi connectivity index (χ4v) is 4.11. The van der Waals surface area contributed by atoms with Crippen LogP contribution < -0.4 is 5.32 Å². The molecule has 2 atom stereocenters. The highest BCUT2D eigenvalue weighted by Crippen LogP contribution is 2.31. The van der Waals surface area contributed by atoms with E-state index >= 15 is 0 Å². The van der Waals surface area contributed by atoms with Crippen molar-refractivity contribution in [3.8, 4) is 0 Å². The molecule has 4 aromatic rings. The molecular formula is C29H28F3N3O2. The van der Waals surface area contributed by atoms with Crippen molar-refractivity contribution in [2.45, 2.75) is 45.2 Å². The first-order valence-corrected chi connectivity index (χ1v) is 12.0. The molecular weight excluding hydrogens is 479 g/mol. The summed E-state index contributed by atoms with van der Waals surface area (Å²) in [7, 11) is 0. The molecule has 0 saturated carbocycles. The highest BCUT2D eigenvalue weighted by molar-refractivity contribution is 5.92. The number of benzene rings is 3. The molecule has 0 aliphatic rings. The van der Waals surface area contributed by atoms with E-state index in [2.05, 4.69) is 10.3 Å².